The number of nitrogens with zero attached hydrogens (tertiary/aromatic N) is 2. The number of aromatic nitrogens is 2. The molecule has 1 amide bonds. The molecular weight excluding hydrogens is 364 g/mol. The molecule has 1 heterocycles. The van der Waals surface area contributed by atoms with Crippen LogP contribution >= 0.6 is 11.8 Å². The van der Waals surface area contributed by atoms with Gasteiger partial charge in [-0.2, -0.15) is 8.78 Å². The molecule has 9 heteroatoms. The zero-order valence-electron chi connectivity index (χ0n) is 13.3. The first kappa shape index (κ1) is 17.9. The van der Waals surface area contributed by atoms with Crippen LogP contribution in [0.5, 0.6) is 5.75 Å². The maximum absolute atomic E-state index is 12.4. The number of carbonyl (C=O) groups excluding carboxylic acids is 1. The smallest absolute Gasteiger partial charge is 0.387 e. The van der Waals surface area contributed by atoms with Crippen LogP contribution in [0.15, 0.2) is 64.2 Å². The van der Waals surface area contributed by atoms with E-state index in [4.69, 9.17) is 4.42 Å². The third-order valence-corrected chi connectivity index (χ3v) is 3.95. The Bertz CT molecular complexity index is 874. The van der Waals surface area contributed by atoms with Crippen molar-refractivity contribution in [3.05, 3.63) is 54.6 Å². The number of hydrogen-bond acceptors (Lipinski definition) is 6. The number of nitrogens with one attached hydrogen (secondary N) is 1. The van der Waals surface area contributed by atoms with Gasteiger partial charge in [0.15, 0.2) is 0 Å². The van der Waals surface area contributed by atoms with E-state index in [-0.39, 0.29) is 22.4 Å². The molecule has 0 unspecified atom stereocenters. The molecule has 3 rings (SSSR count). The van der Waals surface area contributed by atoms with Gasteiger partial charge >= 0.3 is 6.61 Å². The first-order valence-corrected chi connectivity index (χ1v) is 8.46. The number of rotatable bonds is 7. The van der Waals surface area contributed by atoms with Gasteiger partial charge in [0.1, 0.15) is 5.75 Å². The first-order chi connectivity index (χ1) is 12.6. The fourth-order valence-electron chi connectivity index (χ4n) is 2.05. The summed E-state index contributed by atoms with van der Waals surface area (Å²) in [4.78, 5) is 12.0. The quantitative estimate of drug-likeness (QED) is 0.626. The third kappa shape index (κ3) is 4.79. The van der Waals surface area contributed by atoms with E-state index < -0.39 is 12.5 Å². The van der Waals surface area contributed by atoms with Gasteiger partial charge in [0.25, 0.3) is 5.22 Å². The van der Waals surface area contributed by atoms with Gasteiger partial charge in [0.05, 0.1) is 11.4 Å². The van der Waals surface area contributed by atoms with Crippen molar-refractivity contribution >= 4 is 23.4 Å². The summed E-state index contributed by atoms with van der Waals surface area (Å²) in [5, 5.41) is 10.5. The standard InChI is InChI=1S/C17H13F2N3O3S/c18-16(19)24-13-9-5-4-8-12(13)20-14(23)10-26-17-22-21-15(25-17)11-6-2-1-3-7-11/h1-9,16H,10H2,(H,20,23). The number of thioether (sulfide) groups is 1. The lowest BCUT2D eigenvalue weighted by molar-refractivity contribution is -0.113. The SMILES string of the molecule is O=C(CSc1nnc(-c2ccccc2)o1)Nc1ccccc1OC(F)F. The zero-order valence-corrected chi connectivity index (χ0v) is 14.1. The Morgan fingerprint density at radius 2 is 1.85 bits per heavy atom. The number of carbonyl (C=O) groups is 1. The molecule has 0 aliphatic carbocycles. The molecule has 1 N–H and O–H groups in total. The number of benzene rings is 2. The summed E-state index contributed by atoms with van der Waals surface area (Å²) in [6.07, 6.45) is 0. The number of hydrogen-bond donors (Lipinski definition) is 1. The van der Waals surface area contributed by atoms with Crippen LogP contribution in [-0.2, 0) is 4.79 Å². The van der Waals surface area contributed by atoms with Crippen LogP contribution in [0.2, 0.25) is 0 Å². The van der Waals surface area contributed by atoms with Gasteiger partial charge in [-0.05, 0) is 24.3 Å². The maximum atomic E-state index is 12.4. The van der Waals surface area contributed by atoms with Gasteiger partial charge in [0.2, 0.25) is 11.8 Å². The topological polar surface area (TPSA) is 77.2 Å². The van der Waals surface area contributed by atoms with Crippen LogP contribution in [0.3, 0.4) is 0 Å². The normalized spacial score (nSPS) is 10.7. The van der Waals surface area contributed by atoms with Crippen molar-refractivity contribution in [3.8, 4) is 17.2 Å². The Balaban J connectivity index is 1.58. The minimum Gasteiger partial charge on any atom is -0.433 e. The second-order valence-corrected chi connectivity index (χ2v) is 5.88. The largest absolute Gasteiger partial charge is 0.433 e. The number of para-hydroxylation sites is 2. The molecule has 0 saturated heterocycles. The highest BCUT2D eigenvalue weighted by Crippen LogP contribution is 2.26. The van der Waals surface area contributed by atoms with Gasteiger partial charge in [-0.3, -0.25) is 4.79 Å². The summed E-state index contributed by atoms with van der Waals surface area (Å²) in [5.74, 6) is -0.201. The van der Waals surface area contributed by atoms with Gasteiger partial charge in [-0.25, -0.2) is 0 Å². The maximum Gasteiger partial charge on any atom is 0.387 e. The van der Waals surface area contributed by atoms with Crippen molar-refractivity contribution in [2.24, 2.45) is 0 Å². The summed E-state index contributed by atoms with van der Waals surface area (Å²) < 4.78 is 34.6. The molecule has 0 fully saturated rings. The molecule has 3 aromatic rings. The predicted octanol–water partition coefficient (Wildman–Crippen LogP) is 4.07. The zero-order chi connectivity index (χ0) is 18.4. The lowest BCUT2D eigenvalue weighted by Crippen LogP contribution is -2.15. The summed E-state index contributed by atoms with van der Waals surface area (Å²) in [6.45, 7) is -2.97. The van der Waals surface area contributed by atoms with Crippen molar-refractivity contribution in [1.82, 2.24) is 10.2 Å². The second kappa shape index (κ2) is 8.43. The molecule has 0 aliphatic heterocycles. The van der Waals surface area contributed by atoms with Gasteiger partial charge < -0.3 is 14.5 Å². The number of alkyl halides is 2. The lowest BCUT2D eigenvalue weighted by atomic mass is 10.2. The number of ether oxygens (including phenoxy) is 1. The van der Waals surface area contributed by atoms with Crippen LogP contribution in [0.1, 0.15) is 0 Å². The highest BCUT2D eigenvalue weighted by Gasteiger charge is 2.14. The van der Waals surface area contributed by atoms with Crippen molar-refractivity contribution < 1.29 is 22.7 Å². The van der Waals surface area contributed by atoms with Crippen molar-refractivity contribution in [1.29, 1.82) is 0 Å². The highest BCUT2D eigenvalue weighted by atomic mass is 32.2. The van der Waals surface area contributed by atoms with E-state index in [2.05, 4.69) is 20.3 Å². The van der Waals surface area contributed by atoms with E-state index in [9.17, 15) is 13.6 Å². The van der Waals surface area contributed by atoms with E-state index in [0.29, 0.717) is 5.89 Å². The van der Waals surface area contributed by atoms with E-state index >= 15 is 0 Å². The number of halogens is 2. The van der Waals surface area contributed by atoms with Crippen molar-refractivity contribution in [2.45, 2.75) is 11.8 Å². The van der Waals surface area contributed by atoms with Crippen molar-refractivity contribution in [3.63, 3.8) is 0 Å². The molecule has 0 saturated carbocycles. The average molecular weight is 377 g/mol. The van der Waals surface area contributed by atoms with Gasteiger partial charge in [0, 0.05) is 5.56 Å². The fraction of sp³-hybridized carbons (Fsp3) is 0.118. The molecule has 2 aromatic carbocycles. The lowest BCUT2D eigenvalue weighted by Gasteiger charge is -2.11. The fourth-order valence-corrected chi connectivity index (χ4v) is 2.61. The molecule has 0 aliphatic rings. The second-order valence-electron chi connectivity index (χ2n) is 4.95. The Morgan fingerprint density at radius 3 is 2.62 bits per heavy atom. The molecule has 0 spiro atoms. The minimum absolute atomic E-state index is 0.0283. The van der Waals surface area contributed by atoms with Crippen LogP contribution in [0.25, 0.3) is 11.5 Å². The molecular formula is C17H13F2N3O3S. The first-order valence-electron chi connectivity index (χ1n) is 7.47. The number of amides is 1. The Kier molecular flexibility index (Phi) is 5.80. The molecule has 0 radical (unpaired) electrons. The predicted molar refractivity (Wildman–Crippen MR) is 92.2 cm³/mol. The van der Waals surface area contributed by atoms with Crippen LogP contribution in [0, 0.1) is 0 Å². The van der Waals surface area contributed by atoms with Crippen LogP contribution < -0.4 is 10.1 Å². The van der Waals surface area contributed by atoms with E-state index in [1.165, 1.54) is 18.2 Å². The van der Waals surface area contributed by atoms with E-state index in [0.717, 1.165) is 17.3 Å². The molecule has 134 valence electrons. The average Bonchev–Trinajstić information content (AvgIpc) is 3.11. The van der Waals surface area contributed by atoms with Gasteiger partial charge in [-0.15, -0.1) is 10.2 Å². The summed E-state index contributed by atoms with van der Waals surface area (Å²) in [5.41, 5.74) is 0.934. The third-order valence-electron chi connectivity index (χ3n) is 3.13. The van der Waals surface area contributed by atoms with Crippen molar-refractivity contribution in [2.75, 3.05) is 11.1 Å². The minimum atomic E-state index is -2.97. The van der Waals surface area contributed by atoms with E-state index in [1.54, 1.807) is 6.07 Å². The Morgan fingerprint density at radius 1 is 1.12 bits per heavy atom. The number of anilines is 1. The Labute approximate surface area is 151 Å². The summed E-state index contributed by atoms with van der Waals surface area (Å²) in [6, 6.07) is 15.2. The van der Waals surface area contributed by atoms with Gasteiger partial charge in [-0.1, -0.05) is 42.1 Å². The monoisotopic (exact) mass is 377 g/mol. The van der Waals surface area contributed by atoms with Crippen LogP contribution in [0.4, 0.5) is 14.5 Å². The molecule has 1 aromatic heterocycles. The highest BCUT2D eigenvalue weighted by molar-refractivity contribution is 7.99. The van der Waals surface area contributed by atoms with E-state index in [1.807, 2.05) is 30.3 Å². The molecule has 0 bridgehead atoms. The Hall–Kier alpha value is -2.94. The molecule has 0 atom stereocenters. The molecule has 26 heavy (non-hydrogen) atoms. The molecule has 6 nitrogen and oxygen atoms in total. The van der Waals surface area contributed by atoms with Crippen LogP contribution in [-0.4, -0.2) is 28.5 Å². The summed E-state index contributed by atoms with van der Waals surface area (Å²) >= 11 is 1.04. The summed E-state index contributed by atoms with van der Waals surface area (Å²) in [7, 11) is 0.